The first kappa shape index (κ1) is 34.3. The van der Waals surface area contributed by atoms with Crippen molar-refractivity contribution in [1.82, 2.24) is 5.32 Å². The van der Waals surface area contributed by atoms with E-state index in [1.165, 1.54) is 73.7 Å². The van der Waals surface area contributed by atoms with Crippen molar-refractivity contribution in [3.8, 4) is 5.75 Å². The van der Waals surface area contributed by atoms with Gasteiger partial charge in [-0.2, -0.15) is 0 Å². The molecular formula is C35H40F4N2O3S. The van der Waals surface area contributed by atoms with E-state index in [4.69, 9.17) is 4.74 Å². The van der Waals surface area contributed by atoms with Crippen LogP contribution in [0.1, 0.15) is 92.6 Å². The van der Waals surface area contributed by atoms with Crippen LogP contribution in [0.2, 0.25) is 0 Å². The molecule has 10 heteroatoms. The van der Waals surface area contributed by atoms with Crippen LogP contribution in [-0.2, 0) is 17.9 Å². The first-order chi connectivity index (χ1) is 21.8. The number of thioether (sulfide) groups is 1. The third kappa shape index (κ3) is 9.73. The van der Waals surface area contributed by atoms with Crippen molar-refractivity contribution in [3.63, 3.8) is 0 Å². The number of halogens is 4. The molecule has 1 heterocycles. The lowest BCUT2D eigenvalue weighted by Crippen LogP contribution is -2.35. The smallest absolute Gasteiger partial charge is 0.251 e. The molecule has 45 heavy (non-hydrogen) atoms. The van der Waals surface area contributed by atoms with E-state index in [9.17, 15) is 22.8 Å². The van der Waals surface area contributed by atoms with Crippen molar-refractivity contribution in [1.29, 1.82) is 0 Å². The predicted octanol–water partition coefficient (Wildman–Crippen LogP) is 9.11. The second-order valence-corrected chi connectivity index (χ2v) is 12.2. The number of ether oxygens (including phenoxy) is 1. The first-order valence-corrected chi connectivity index (χ1v) is 16.7. The second-order valence-electron chi connectivity index (χ2n) is 11.2. The maximum Gasteiger partial charge on any atom is 0.251 e. The normalized spacial score (nSPS) is 12.7. The van der Waals surface area contributed by atoms with Gasteiger partial charge in [-0.05, 0) is 36.8 Å². The zero-order chi connectivity index (χ0) is 32.2. The maximum atomic E-state index is 15.1. The van der Waals surface area contributed by atoms with Crippen LogP contribution in [0.5, 0.6) is 5.75 Å². The number of carbonyl (C=O) groups excluding carboxylic acids is 2. The Morgan fingerprint density at radius 2 is 1.51 bits per heavy atom. The highest BCUT2D eigenvalue weighted by atomic mass is 32.2. The van der Waals surface area contributed by atoms with Crippen molar-refractivity contribution < 1.29 is 31.9 Å². The molecule has 0 fully saturated rings. The van der Waals surface area contributed by atoms with Gasteiger partial charge in [-0.1, -0.05) is 70.8 Å². The molecule has 0 saturated carbocycles. The zero-order valence-corrected chi connectivity index (χ0v) is 26.4. The van der Waals surface area contributed by atoms with E-state index in [-0.39, 0.29) is 29.3 Å². The molecule has 3 aromatic carbocycles. The Kier molecular flexibility index (Phi) is 13.2. The van der Waals surface area contributed by atoms with Crippen molar-refractivity contribution in [2.45, 2.75) is 89.1 Å². The van der Waals surface area contributed by atoms with Crippen LogP contribution in [0.25, 0.3) is 0 Å². The second kappa shape index (κ2) is 17.2. The third-order valence-corrected chi connectivity index (χ3v) is 8.87. The summed E-state index contributed by atoms with van der Waals surface area (Å²) in [6.45, 7) is 2.16. The minimum atomic E-state index is -1.09. The van der Waals surface area contributed by atoms with E-state index in [0.717, 1.165) is 19.3 Å². The molecular weight excluding hydrogens is 604 g/mol. The summed E-state index contributed by atoms with van der Waals surface area (Å²) in [5.74, 6) is -4.03. The number of fused-ring (bicyclic) bond motifs is 1. The summed E-state index contributed by atoms with van der Waals surface area (Å²) in [5.41, 5.74) is 0.558. The summed E-state index contributed by atoms with van der Waals surface area (Å²) < 4.78 is 62.2. The topological polar surface area (TPSA) is 58.6 Å². The maximum absolute atomic E-state index is 15.1. The van der Waals surface area contributed by atoms with E-state index in [1.54, 1.807) is 24.3 Å². The SMILES string of the molecule is CCCCCCCCCCCCOc1cccc(F)c1CN1C(=O)CSc2cc(C(=O)NCc3c(F)cc(F)cc3F)ccc21. The molecule has 1 aliphatic heterocycles. The molecule has 242 valence electrons. The van der Waals surface area contributed by atoms with Crippen molar-refractivity contribution in [2.75, 3.05) is 17.3 Å². The van der Waals surface area contributed by atoms with Crippen LogP contribution in [0, 0.1) is 23.3 Å². The Balaban J connectivity index is 1.34. The molecule has 1 aliphatic rings. The van der Waals surface area contributed by atoms with Gasteiger partial charge in [-0.15, -0.1) is 11.8 Å². The number of benzene rings is 3. The molecule has 1 N–H and O–H groups in total. The first-order valence-electron chi connectivity index (χ1n) is 15.7. The summed E-state index contributed by atoms with van der Waals surface area (Å²) in [6, 6.07) is 10.4. The van der Waals surface area contributed by atoms with E-state index < -0.39 is 41.3 Å². The fourth-order valence-corrected chi connectivity index (χ4v) is 6.26. The van der Waals surface area contributed by atoms with Gasteiger partial charge in [-0.25, -0.2) is 17.6 Å². The number of nitrogens with zero attached hydrogens (tertiary/aromatic N) is 1. The highest BCUT2D eigenvalue weighted by Gasteiger charge is 2.28. The van der Waals surface area contributed by atoms with Crippen LogP contribution in [0.15, 0.2) is 53.4 Å². The number of anilines is 1. The standard InChI is InChI=1S/C35H40F4N2O3S/c1-2-3-4-5-6-7-8-9-10-11-17-44-32-14-12-13-28(37)27(32)22-41-31-16-15-24(18-33(31)45-23-34(41)42)35(43)40-21-26-29(38)19-25(36)20-30(26)39/h12-16,18-20H,2-11,17,21-23H2,1H3,(H,40,43). The molecule has 2 amide bonds. The fourth-order valence-electron chi connectivity index (χ4n) is 5.29. The molecule has 4 rings (SSSR count). The number of hydrogen-bond acceptors (Lipinski definition) is 4. The Bertz CT molecular complexity index is 1450. The molecule has 0 atom stereocenters. The molecule has 5 nitrogen and oxygen atoms in total. The van der Waals surface area contributed by atoms with Crippen molar-refractivity contribution >= 4 is 29.3 Å². The van der Waals surface area contributed by atoms with Gasteiger partial charge in [0.15, 0.2) is 0 Å². The quantitative estimate of drug-likeness (QED) is 0.118. The van der Waals surface area contributed by atoms with Crippen LogP contribution in [0.4, 0.5) is 23.2 Å². The van der Waals surface area contributed by atoms with E-state index in [0.29, 0.717) is 35.1 Å². The third-order valence-electron chi connectivity index (χ3n) is 7.84. The Morgan fingerprint density at radius 3 is 2.20 bits per heavy atom. The van der Waals surface area contributed by atoms with E-state index >= 15 is 4.39 Å². The average molecular weight is 645 g/mol. The lowest BCUT2D eigenvalue weighted by atomic mass is 10.1. The van der Waals surface area contributed by atoms with Gasteiger partial charge >= 0.3 is 0 Å². The van der Waals surface area contributed by atoms with Crippen LogP contribution in [0.3, 0.4) is 0 Å². The monoisotopic (exact) mass is 644 g/mol. The molecule has 0 radical (unpaired) electrons. The van der Waals surface area contributed by atoms with Crippen LogP contribution >= 0.6 is 11.8 Å². The summed E-state index contributed by atoms with van der Waals surface area (Å²) >= 11 is 1.24. The van der Waals surface area contributed by atoms with E-state index in [2.05, 4.69) is 12.2 Å². The minimum absolute atomic E-state index is 0.0406. The molecule has 0 spiro atoms. The molecule has 0 bridgehead atoms. The Morgan fingerprint density at radius 1 is 0.844 bits per heavy atom. The number of rotatable bonds is 17. The number of nitrogens with one attached hydrogen (secondary N) is 1. The number of amides is 2. The van der Waals surface area contributed by atoms with Crippen molar-refractivity contribution in [2.24, 2.45) is 0 Å². The Hall–Kier alpha value is -3.53. The van der Waals surface area contributed by atoms with Gasteiger partial charge in [0, 0.05) is 40.3 Å². The summed E-state index contributed by atoms with van der Waals surface area (Å²) in [6.07, 6.45) is 12.0. The summed E-state index contributed by atoms with van der Waals surface area (Å²) in [4.78, 5) is 27.9. The van der Waals surface area contributed by atoms with Gasteiger partial charge < -0.3 is 15.0 Å². The number of hydrogen-bond donors (Lipinski definition) is 1. The Labute approximate surface area is 266 Å². The lowest BCUT2D eigenvalue weighted by Gasteiger charge is -2.30. The zero-order valence-electron chi connectivity index (χ0n) is 25.6. The average Bonchev–Trinajstić information content (AvgIpc) is 3.01. The molecule has 0 aliphatic carbocycles. The van der Waals surface area contributed by atoms with E-state index in [1.807, 2.05) is 0 Å². The highest BCUT2D eigenvalue weighted by Crippen LogP contribution is 2.38. The summed E-state index contributed by atoms with van der Waals surface area (Å²) in [7, 11) is 0. The van der Waals surface area contributed by atoms with Crippen LogP contribution in [-0.4, -0.2) is 24.2 Å². The van der Waals surface area contributed by atoms with Crippen molar-refractivity contribution in [3.05, 3.63) is 88.5 Å². The largest absolute Gasteiger partial charge is 0.493 e. The highest BCUT2D eigenvalue weighted by molar-refractivity contribution is 8.00. The van der Waals surface area contributed by atoms with Gasteiger partial charge in [0.1, 0.15) is 29.0 Å². The van der Waals surface area contributed by atoms with Gasteiger partial charge in [0.05, 0.1) is 24.6 Å². The molecule has 0 aromatic heterocycles. The number of unbranched alkanes of at least 4 members (excludes halogenated alkanes) is 9. The van der Waals surface area contributed by atoms with Gasteiger partial charge in [0.25, 0.3) is 5.91 Å². The predicted molar refractivity (Wildman–Crippen MR) is 170 cm³/mol. The van der Waals surface area contributed by atoms with Gasteiger partial charge in [0.2, 0.25) is 5.91 Å². The minimum Gasteiger partial charge on any atom is -0.493 e. The molecule has 0 unspecified atom stereocenters. The molecule has 0 saturated heterocycles. The number of carbonyl (C=O) groups is 2. The summed E-state index contributed by atoms with van der Waals surface area (Å²) in [5, 5.41) is 2.45. The molecule has 3 aromatic rings. The lowest BCUT2D eigenvalue weighted by molar-refractivity contribution is -0.116. The van der Waals surface area contributed by atoms with Crippen LogP contribution < -0.4 is 15.0 Å². The van der Waals surface area contributed by atoms with Gasteiger partial charge in [-0.3, -0.25) is 9.59 Å². The fraction of sp³-hybridized carbons (Fsp3) is 0.429.